The zero-order valence-electron chi connectivity index (χ0n) is 10.2. The predicted octanol–water partition coefficient (Wildman–Crippen LogP) is 0.847. The maximum atomic E-state index is 12.8. The highest BCUT2D eigenvalue weighted by molar-refractivity contribution is 5.46. The molecular weight excluding hydrogens is 223 g/mol. The average molecular weight is 242 g/mol. The molecule has 96 valence electrons. The van der Waals surface area contributed by atoms with Gasteiger partial charge in [0.05, 0.1) is 12.7 Å². The second-order valence-electron chi connectivity index (χ2n) is 4.15. The number of aliphatic hydroxyl groups excluding tert-OH is 1. The Morgan fingerprint density at radius 1 is 1.53 bits per heavy atom. The van der Waals surface area contributed by atoms with Gasteiger partial charge in [-0.15, -0.1) is 0 Å². The van der Waals surface area contributed by atoms with Crippen molar-refractivity contribution in [1.29, 1.82) is 0 Å². The van der Waals surface area contributed by atoms with Crippen LogP contribution in [0.1, 0.15) is 5.56 Å². The minimum absolute atomic E-state index is 0.295. The van der Waals surface area contributed by atoms with Gasteiger partial charge in [0.25, 0.3) is 0 Å². The number of benzene rings is 1. The number of ether oxygens (including phenoxy) is 1. The first-order valence-electron chi connectivity index (χ1n) is 5.42. The van der Waals surface area contributed by atoms with Gasteiger partial charge in [0.1, 0.15) is 5.82 Å². The van der Waals surface area contributed by atoms with Crippen molar-refractivity contribution in [2.45, 2.75) is 12.6 Å². The van der Waals surface area contributed by atoms with E-state index in [0.29, 0.717) is 25.4 Å². The lowest BCUT2D eigenvalue weighted by Crippen LogP contribution is -2.31. The van der Waals surface area contributed by atoms with Gasteiger partial charge in [-0.25, -0.2) is 4.39 Å². The number of halogens is 1. The Kier molecular flexibility index (Phi) is 5.34. The summed E-state index contributed by atoms with van der Waals surface area (Å²) in [6.45, 7) is 1.33. The van der Waals surface area contributed by atoms with Crippen LogP contribution in [0.5, 0.6) is 0 Å². The van der Waals surface area contributed by atoms with Crippen molar-refractivity contribution < 1.29 is 14.2 Å². The fourth-order valence-corrected chi connectivity index (χ4v) is 1.67. The average Bonchev–Trinajstić information content (AvgIpc) is 2.22. The molecule has 1 aromatic rings. The lowest BCUT2D eigenvalue weighted by molar-refractivity contribution is 0.0419. The fraction of sp³-hybridized carbons (Fsp3) is 0.500. The smallest absolute Gasteiger partial charge is 0.125 e. The molecule has 5 heteroatoms. The standard InChI is InChI=1S/C12H19FN2O2/c1-15(7-11(16)8-17-2)6-9-3-4-10(13)5-12(9)14/h3-5,11,16H,6-8,14H2,1-2H3. The first-order valence-corrected chi connectivity index (χ1v) is 5.42. The molecule has 17 heavy (non-hydrogen) atoms. The minimum atomic E-state index is -0.535. The molecule has 0 aliphatic heterocycles. The van der Waals surface area contributed by atoms with E-state index < -0.39 is 6.10 Å². The normalized spacial score (nSPS) is 13.0. The van der Waals surface area contributed by atoms with Crippen LogP contribution in [0, 0.1) is 5.82 Å². The van der Waals surface area contributed by atoms with E-state index in [0.717, 1.165) is 5.56 Å². The van der Waals surface area contributed by atoms with E-state index in [1.807, 2.05) is 11.9 Å². The fourth-order valence-electron chi connectivity index (χ4n) is 1.67. The van der Waals surface area contributed by atoms with E-state index in [-0.39, 0.29) is 5.82 Å². The van der Waals surface area contributed by atoms with Gasteiger partial charge in [-0.1, -0.05) is 6.07 Å². The lowest BCUT2D eigenvalue weighted by Gasteiger charge is -2.20. The van der Waals surface area contributed by atoms with Crippen LogP contribution >= 0.6 is 0 Å². The molecule has 0 aromatic heterocycles. The van der Waals surface area contributed by atoms with Crippen LogP contribution in [0.3, 0.4) is 0 Å². The first-order chi connectivity index (χ1) is 8.02. The first kappa shape index (κ1) is 13.9. The molecule has 0 aliphatic carbocycles. The number of hydrogen-bond donors (Lipinski definition) is 2. The number of likely N-dealkylation sites (N-methyl/N-ethyl adjacent to an activating group) is 1. The lowest BCUT2D eigenvalue weighted by atomic mass is 10.1. The summed E-state index contributed by atoms with van der Waals surface area (Å²) in [7, 11) is 3.41. The number of nitrogens with two attached hydrogens (primary N) is 1. The summed E-state index contributed by atoms with van der Waals surface area (Å²) in [5.41, 5.74) is 6.98. The Bertz CT molecular complexity index is 360. The van der Waals surface area contributed by atoms with Gasteiger partial charge >= 0.3 is 0 Å². The number of nitrogens with zero attached hydrogens (tertiary/aromatic N) is 1. The Hall–Kier alpha value is -1.17. The predicted molar refractivity (Wildman–Crippen MR) is 65.0 cm³/mol. The molecule has 4 nitrogen and oxygen atoms in total. The maximum absolute atomic E-state index is 12.8. The molecule has 0 heterocycles. The zero-order valence-corrected chi connectivity index (χ0v) is 10.2. The number of methoxy groups -OCH3 is 1. The van der Waals surface area contributed by atoms with Crippen molar-refractivity contribution in [3.8, 4) is 0 Å². The van der Waals surface area contributed by atoms with Crippen LogP contribution in [-0.4, -0.2) is 43.4 Å². The number of nitrogen functional groups attached to an aromatic ring is 1. The SMILES string of the molecule is COCC(O)CN(C)Cc1ccc(F)cc1N. The van der Waals surface area contributed by atoms with Gasteiger partial charge in [-0.05, 0) is 24.7 Å². The molecule has 1 unspecified atom stereocenters. The van der Waals surface area contributed by atoms with E-state index in [2.05, 4.69) is 0 Å². The molecule has 0 radical (unpaired) electrons. The van der Waals surface area contributed by atoms with Gasteiger partial charge in [-0.3, -0.25) is 4.90 Å². The molecule has 0 saturated heterocycles. The van der Waals surface area contributed by atoms with Crippen LogP contribution in [0.2, 0.25) is 0 Å². The quantitative estimate of drug-likeness (QED) is 0.726. The summed E-state index contributed by atoms with van der Waals surface area (Å²) >= 11 is 0. The molecule has 0 spiro atoms. The van der Waals surface area contributed by atoms with Crippen LogP contribution in [-0.2, 0) is 11.3 Å². The molecule has 0 saturated carbocycles. The van der Waals surface area contributed by atoms with Crippen molar-refractivity contribution >= 4 is 5.69 Å². The second-order valence-corrected chi connectivity index (χ2v) is 4.15. The van der Waals surface area contributed by atoms with Gasteiger partial charge in [0, 0.05) is 25.9 Å². The summed E-state index contributed by atoms with van der Waals surface area (Å²) < 4.78 is 17.7. The number of hydrogen-bond acceptors (Lipinski definition) is 4. The molecule has 1 aromatic carbocycles. The van der Waals surface area contributed by atoms with Crippen molar-refractivity contribution in [3.63, 3.8) is 0 Å². The maximum Gasteiger partial charge on any atom is 0.125 e. The van der Waals surface area contributed by atoms with E-state index in [4.69, 9.17) is 10.5 Å². The summed E-state index contributed by atoms with van der Waals surface area (Å²) in [6, 6.07) is 4.34. The number of aliphatic hydroxyl groups is 1. The highest BCUT2D eigenvalue weighted by atomic mass is 19.1. The van der Waals surface area contributed by atoms with Gasteiger partial charge in [-0.2, -0.15) is 0 Å². The molecule has 1 atom stereocenters. The number of rotatable bonds is 6. The van der Waals surface area contributed by atoms with E-state index in [1.165, 1.54) is 12.1 Å². The third kappa shape index (κ3) is 4.68. The molecule has 1 rings (SSSR count). The van der Waals surface area contributed by atoms with Crippen LogP contribution in [0.4, 0.5) is 10.1 Å². The summed E-state index contributed by atoms with van der Waals surface area (Å²) in [5, 5.41) is 9.55. The van der Waals surface area contributed by atoms with Gasteiger partial charge in [0.2, 0.25) is 0 Å². The monoisotopic (exact) mass is 242 g/mol. The summed E-state index contributed by atoms with van der Waals surface area (Å²) in [6.07, 6.45) is -0.535. The van der Waals surface area contributed by atoms with Crippen molar-refractivity contribution in [3.05, 3.63) is 29.6 Å². The summed E-state index contributed by atoms with van der Waals surface area (Å²) in [5.74, 6) is -0.340. The molecule has 0 aliphatic rings. The van der Waals surface area contributed by atoms with Crippen molar-refractivity contribution in [1.82, 2.24) is 4.90 Å². The van der Waals surface area contributed by atoms with Crippen LogP contribution in [0.15, 0.2) is 18.2 Å². The van der Waals surface area contributed by atoms with Crippen LogP contribution < -0.4 is 5.73 Å². The molecule has 0 bridgehead atoms. The van der Waals surface area contributed by atoms with Crippen molar-refractivity contribution in [2.75, 3.05) is 33.0 Å². The Morgan fingerprint density at radius 3 is 2.82 bits per heavy atom. The van der Waals surface area contributed by atoms with Gasteiger partial charge in [0.15, 0.2) is 0 Å². The third-order valence-electron chi connectivity index (χ3n) is 2.43. The number of anilines is 1. The molecule has 0 fully saturated rings. The minimum Gasteiger partial charge on any atom is -0.398 e. The highest BCUT2D eigenvalue weighted by Gasteiger charge is 2.09. The zero-order chi connectivity index (χ0) is 12.8. The topological polar surface area (TPSA) is 58.7 Å². The third-order valence-corrected chi connectivity index (χ3v) is 2.43. The van der Waals surface area contributed by atoms with E-state index >= 15 is 0 Å². The van der Waals surface area contributed by atoms with E-state index in [1.54, 1.807) is 13.2 Å². The van der Waals surface area contributed by atoms with E-state index in [9.17, 15) is 9.50 Å². The largest absolute Gasteiger partial charge is 0.398 e. The Balaban J connectivity index is 2.52. The molecule has 3 N–H and O–H groups in total. The molecular formula is C12H19FN2O2. The van der Waals surface area contributed by atoms with Crippen molar-refractivity contribution in [2.24, 2.45) is 0 Å². The summed E-state index contributed by atoms with van der Waals surface area (Å²) in [4.78, 5) is 1.91. The van der Waals surface area contributed by atoms with Crippen LogP contribution in [0.25, 0.3) is 0 Å². The van der Waals surface area contributed by atoms with Gasteiger partial charge < -0.3 is 15.6 Å². The second kappa shape index (κ2) is 6.54. The Labute approximate surface area is 101 Å². The Morgan fingerprint density at radius 2 is 2.24 bits per heavy atom. The highest BCUT2D eigenvalue weighted by Crippen LogP contribution is 2.15. The molecule has 0 amide bonds.